The molecular formula is C57H100N2W. The molecule has 0 fully saturated rings. The van der Waals surface area contributed by atoms with E-state index in [0.717, 1.165) is 37.0 Å². The Balaban J connectivity index is -0.0000000885. The number of aromatic nitrogens is 2. The van der Waals surface area contributed by atoms with Crippen LogP contribution in [-0.4, -0.2) is 9.97 Å². The quantitative estimate of drug-likeness (QED) is 0.111. The van der Waals surface area contributed by atoms with Crippen molar-refractivity contribution >= 4 is 0 Å². The number of rotatable bonds is 11. The molecule has 4 rings (SSSR count). The maximum Gasteiger partial charge on any atom is 2.00 e. The summed E-state index contributed by atoms with van der Waals surface area (Å²) < 4.78 is 0. The van der Waals surface area contributed by atoms with Gasteiger partial charge in [-0.1, -0.05) is 225 Å². The molecule has 0 unspecified atom stereocenters. The zero-order valence-corrected chi connectivity index (χ0v) is 45.3. The number of nitrogens with zero attached hydrogens (tertiary/aromatic N) is 2. The van der Waals surface area contributed by atoms with Gasteiger partial charge in [0.15, 0.2) is 0 Å². The van der Waals surface area contributed by atoms with Gasteiger partial charge >= 0.3 is 21.1 Å². The Kier molecular flexibility index (Phi) is 77.5. The van der Waals surface area contributed by atoms with E-state index in [1.165, 1.54) is 41.3 Å². The van der Waals surface area contributed by atoms with Crippen LogP contribution in [0.1, 0.15) is 175 Å². The van der Waals surface area contributed by atoms with E-state index in [9.17, 15) is 0 Å². The van der Waals surface area contributed by atoms with Crippen molar-refractivity contribution < 1.29 is 21.1 Å². The zero-order valence-electron chi connectivity index (χ0n) is 42.3. The van der Waals surface area contributed by atoms with E-state index in [4.69, 9.17) is 6.58 Å². The third kappa shape index (κ3) is 64.1. The molecule has 2 heterocycles. The largest absolute Gasteiger partial charge is 2.00 e. The average Bonchev–Trinajstić information content (AvgIpc) is 3.23. The Hall–Kier alpha value is -3.09. The molecule has 60 heavy (non-hydrogen) atoms. The Morgan fingerprint density at radius 3 is 1.13 bits per heavy atom. The Morgan fingerprint density at radius 1 is 0.467 bits per heavy atom. The molecule has 2 nitrogen and oxygen atoms in total. The smallest absolute Gasteiger partial charge is 0.394 e. The number of hydrogen-bond donors (Lipinski definition) is 0. The van der Waals surface area contributed by atoms with Gasteiger partial charge in [-0.2, -0.15) is 0 Å². The molecule has 0 N–H and O–H groups in total. The van der Waals surface area contributed by atoms with Crippen LogP contribution in [0.2, 0.25) is 0 Å². The summed E-state index contributed by atoms with van der Waals surface area (Å²) in [5.41, 5.74) is 5.41. The average molecular weight is 997 g/mol. The molecule has 0 aliphatic carbocycles. The summed E-state index contributed by atoms with van der Waals surface area (Å²) in [6, 6.07) is 31.4. The molecule has 0 spiro atoms. The van der Waals surface area contributed by atoms with E-state index in [-0.39, 0.29) is 28.5 Å². The predicted octanol–water partition coefficient (Wildman–Crippen LogP) is 18.5. The van der Waals surface area contributed by atoms with Crippen LogP contribution >= 0.6 is 0 Å². The van der Waals surface area contributed by atoms with Gasteiger partial charge in [-0.25, -0.2) is 0 Å². The first-order valence-corrected chi connectivity index (χ1v) is 22.9. The van der Waals surface area contributed by atoms with Crippen molar-refractivity contribution in [1.29, 1.82) is 0 Å². The van der Waals surface area contributed by atoms with Crippen molar-refractivity contribution in [3.05, 3.63) is 157 Å². The van der Waals surface area contributed by atoms with Gasteiger partial charge in [0.25, 0.3) is 0 Å². The van der Waals surface area contributed by atoms with Gasteiger partial charge in [-0.15, -0.1) is 6.42 Å². The van der Waals surface area contributed by atoms with Gasteiger partial charge in [-0.3, -0.25) is 9.97 Å². The topological polar surface area (TPSA) is 25.8 Å². The first-order valence-electron chi connectivity index (χ1n) is 22.9. The molecule has 0 amide bonds. The van der Waals surface area contributed by atoms with Crippen molar-refractivity contribution in [3.63, 3.8) is 0 Å². The van der Waals surface area contributed by atoms with Crippen LogP contribution in [-0.2, 0) is 46.7 Å². The Labute approximate surface area is 393 Å². The summed E-state index contributed by atoms with van der Waals surface area (Å²) >= 11 is 0. The van der Waals surface area contributed by atoms with Crippen LogP contribution in [0, 0.1) is 42.2 Å². The van der Waals surface area contributed by atoms with Crippen molar-refractivity contribution in [2.45, 2.75) is 178 Å². The van der Waals surface area contributed by atoms with Gasteiger partial charge in [0.05, 0.1) is 0 Å². The van der Waals surface area contributed by atoms with E-state index in [2.05, 4.69) is 158 Å². The SMILES string of the molecule is C.CC.CC.CC.CC.CC.CC(C)Cc1ccccc1.CC(C)Cc1ccccc1.CC(C)Cc1ccccn1.CC(C)Cc1cccnc1.[CH-]=CC=[C-]CC(C)C.[W+2]. The van der Waals surface area contributed by atoms with E-state index >= 15 is 0 Å². The summed E-state index contributed by atoms with van der Waals surface area (Å²) in [5, 5.41) is 0. The Morgan fingerprint density at radius 2 is 0.833 bits per heavy atom. The molecule has 0 aliphatic heterocycles. The summed E-state index contributed by atoms with van der Waals surface area (Å²) in [7, 11) is 0. The first-order chi connectivity index (χ1) is 27.9. The fraction of sp³-hybridized carbons (Fsp3) is 0.544. The standard InChI is InChI=1S/2C10H14.2C9H13N.C8H12.5C2H6.CH4.W/c2*1-9(2)8-10-6-4-3-5-7-10;1-8(2)6-9-4-3-5-10-7-9;1-8(2)7-9-5-3-4-6-10-9;1-4-5-6-7-8(2)3;5*1-2;;/h2*3-7,9H,8H2,1-2H3;3-5,7-8H,6H2,1-2H3;3-6,8H,7H2,1-2H3;1,4-5,8H,7H2,2-3H3;5*1-2H3;1H4;/q;;;;-2;;;;;;;+2. The fourth-order valence-electron chi connectivity index (χ4n) is 4.47. The van der Waals surface area contributed by atoms with Gasteiger partial charge in [-0.05, 0) is 84.2 Å². The van der Waals surface area contributed by atoms with E-state index in [1.807, 2.05) is 106 Å². The number of hydrogen-bond acceptors (Lipinski definition) is 2. The van der Waals surface area contributed by atoms with Crippen molar-refractivity contribution in [3.8, 4) is 0 Å². The minimum atomic E-state index is 0. The molecule has 344 valence electrons. The summed E-state index contributed by atoms with van der Waals surface area (Å²) in [4.78, 5) is 8.26. The van der Waals surface area contributed by atoms with Crippen LogP contribution in [0.15, 0.2) is 122 Å². The van der Waals surface area contributed by atoms with Crippen LogP contribution in [0.25, 0.3) is 0 Å². The molecule has 2 aromatic carbocycles. The third-order valence-corrected chi connectivity index (χ3v) is 6.42. The van der Waals surface area contributed by atoms with Crippen molar-refractivity contribution in [2.75, 3.05) is 0 Å². The molecule has 0 saturated carbocycles. The summed E-state index contributed by atoms with van der Waals surface area (Å²) in [5.74, 6) is 3.65. The molecular weight excluding hydrogens is 896 g/mol. The fourth-order valence-corrected chi connectivity index (χ4v) is 4.47. The van der Waals surface area contributed by atoms with Crippen LogP contribution < -0.4 is 0 Å². The molecule has 2 aromatic heterocycles. The Bertz CT molecular complexity index is 1080. The van der Waals surface area contributed by atoms with E-state index in [0.29, 0.717) is 11.8 Å². The molecule has 3 heteroatoms. The summed E-state index contributed by atoms with van der Waals surface area (Å²) in [6.07, 6.45) is 17.5. The van der Waals surface area contributed by atoms with Gasteiger partial charge in [0, 0.05) is 24.3 Å². The van der Waals surface area contributed by atoms with Crippen molar-refractivity contribution in [1.82, 2.24) is 9.97 Å². The van der Waals surface area contributed by atoms with Gasteiger partial charge in [0.1, 0.15) is 0 Å². The molecule has 0 radical (unpaired) electrons. The maximum absolute atomic E-state index is 5.07. The monoisotopic (exact) mass is 997 g/mol. The molecule has 0 saturated heterocycles. The van der Waals surface area contributed by atoms with Crippen molar-refractivity contribution in [2.24, 2.45) is 29.6 Å². The number of allylic oxidation sites excluding steroid dienone is 3. The zero-order chi connectivity index (χ0) is 46.0. The summed E-state index contributed by atoms with van der Waals surface area (Å²) in [6.45, 7) is 47.2. The second-order valence-corrected chi connectivity index (χ2v) is 14.2. The third-order valence-electron chi connectivity index (χ3n) is 6.42. The minimum absolute atomic E-state index is 0. The molecule has 0 aliphatic rings. The maximum atomic E-state index is 5.07. The first kappa shape index (κ1) is 74.4. The number of benzene rings is 2. The van der Waals surface area contributed by atoms with Crippen LogP contribution in [0.5, 0.6) is 0 Å². The molecule has 0 atom stereocenters. The minimum Gasteiger partial charge on any atom is -0.394 e. The van der Waals surface area contributed by atoms with Crippen LogP contribution in [0.3, 0.4) is 0 Å². The molecule has 0 bridgehead atoms. The van der Waals surface area contributed by atoms with Crippen LogP contribution in [0.4, 0.5) is 0 Å². The van der Waals surface area contributed by atoms with Gasteiger partial charge in [0.2, 0.25) is 0 Å². The predicted molar refractivity (Wildman–Crippen MR) is 275 cm³/mol. The molecule has 4 aromatic rings. The van der Waals surface area contributed by atoms with Gasteiger partial charge < -0.3 is 24.8 Å². The number of pyridine rings is 2. The van der Waals surface area contributed by atoms with E-state index < -0.39 is 0 Å². The second kappa shape index (κ2) is 62.6. The second-order valence-electron chi connectivity index (χ2n) is 14.2. The van der Waals surface area contributed by atoms with E-state index in [1.54, 1.807) is 6.08 Å². The normalized spacial score (nSPS) is 8.82.